The molecule has 1 fully saturated rings. The Labute approximate surface area is 188 Å². The van der Waals surface area contributed by atoms with Crippen LogP contribution in [0.25, 0.3) is 10.8 Å². The van der Waals surface area contributed by atoms with E-state index in [1.54, 1.807) is 18.2 Å². The summed E-state index contributed by atoms with van der Waals surface area (Å²) in [7, 11) is 1.45. The molecule has 3 aromatic rings. The molecule has 1 aromatic heterocycles. The first-order valence-electron chi connectivity index (χ1n) is 10.4. The van der Waals surface area contributed by atoms with Gasteiger partial charge in [0, 0.05) is 37.0 Å². The van der Waals surface area contributed by atoms with Crippen LogP contribution in [-0.2, 0) is 6.18 Å². The number of carbonyl (C=O) groups excluding carboxylic acids is 1. The lowest BCUT2D eigenvalue weighted by atomic mass is 10.00. The average Bonchev–Trinajstić information content (AvgIpc) is 2.78. The molecule has 0 N–H and O–H groups in total. The summed E-state index contributed by atoms with van der Waals surface area (Å²) < 4.78 is 61.5. The number of benzene rings is 2. The third kappa shape index (κ3) is 4.21. The van der Waals surface area contributed by atoms with Gasteiger partial charge in [0.2, 0.25) is 0 Å². The second-order valence-electron chi connectivity index (χ2n) is 7.60. The summed E-state index contributed by atoms with van der Waals surface area (Å²) in [5.74, 6) is -1.30. The van der Waals surface area contributed by atoms with Crippen molar-refractivity contribution in [2.45, 2.75) is 25.1 Å². The van der Waals surface area contributed by atoms with Gasteiger partial charge in [-0.15, -0.1) is 10.2 Å². The van der Waals surface area contributed by atoms with E-state index in [0.717, 1.165) is 12.1 Å². The third-order valence-electron chi connectivity index (χ3n) is 5.69. The lowest BCUT2D eigenvalue weighted by Crippen LogP contribution is -2.46. The summed E-state index contributed by atoms with van der Waals surface area (Å²) in [6.07, 6.45) is -3.88. The molecule has 0 atom stereocenters. The van der Waals surface area contributed by atoms with Gasteiger partial charge >= 0.3 is 6.18 Å². The Morgan fingerprint density at radius 2 is 1.91 bits per heavy atom. The van der Waals surface area contributed by atoms with Crippen LogP contribution >= 0.6 is 11.6 Å². The van der Waals surface area contributed by atoms with E-state index in [1.807, 2.05) is 4.90 Å². The smallest absolute Gasteiger partial charge is 0.354 e. The van der Waals surface area contributed by atoms with E-state index in [2.05, 4.69) is 10.2 Å². The maximum atomic E-state index is 13.4. The number of piperidine rings is 1. The first kappa shape index (κ1) is 20.9. The highest BCUT2D eigenvalue weighted by Crippen LogP contribution is 2.34. The summed E-state index contributed by atoms with van der Waals surface area (Å²) in [4.78, 5) is 16.1. The topological polar surface area (TPSA) is 49.3 Å². The first-order chi connectivity index (χ1) is 15.6. The molecule has 168 valence electrons. The molecule has 2 heterocycles. The van der Waals surface area contributed by atoms with Crippen molar-refractivity contribution < 1.29 is 23.7 Å². The Bertz CT molecular complexity index is 1210. The zero-order valence-electron chi connectivity index (χ0n) is 18.0. The van der Waals surface area contributed by atoms with Gasteiger partial charge in [0.15, 0.2) is 11.0 Å². The molecule has 0 saturated carbocycles. The van der Waals surface area contributed by atoms with Crippen LogP contribution in [0.1, 0.15) is 30.1 Å². The maximum absolute atomic E-state index is 13.4. The monoisotopic (exact) mass is 467 g/mol. The Morgan fingerprint density at radius 1 is 1.19 bits per heavy atom. The number of halogens is 5. The highest BCUT2D eigenvalue weighted by Gasteiger charge is 2.37. The highest BCUT2D eigenvalue weighted by molar-refractivity contribution is 6.34. The molecule has 5 nitrogen and oxygen atoms in total. The normalized spacial score (nSPS) is 15.7. The quantitative estimate of drug-likeness (QED) is 0.498. The summed E-state index contributed by atoms with van der Waals surface area (Å²) >= 11 is 6.13. The van der Waals surface area contributed by atoms with Crippen LogP contribution in [0.15, 0.2) is 42.4 Å². The Kier molecular flexibility index (Phi) is 5.58. The number of carbonyl (C=O) groups is 1. The van der Waals surface area contributed by atoms with E-state index in [0.29, 0.717) is 48.6 Å². The molecule has 10 heteroatoms. The van der Waals surface area contributed by atoms with Crippen molar-refractivity contribution in [3.63, 3.8) is 0 Å². The number of alkyl halides is 3. The molecule has 4 rings (SSSR count). The van der Waals surface area contributed by atoms with Gasteiger partial charge in [0.05, 0.1) is 12.5 Å². The molecular formula is C22H19ClF4N4O. The largest absolute Gasteiger partial charge is 0.417 e. The van der Waals surface area contributed by atoms with Gasteiger partial charge in [-0.1, -0.05) is 35.8 Å². The molecule has 1 aliphatic heterocycles. The van der Waals surface area contributed by atoms with Crippen molar-refractivity contribution in [3.8, 4) is 0 Å². The van der Waals surface area contributed by atoms with E-state index in [-0.39, 0.29) is 17.2 Å². The van der Waals surface area contributed by atoms with Gasteiger partial charge in [-0.05, 0) is 31.0 Å². The van der Waals surface area contributed by atoms with Crippen LogP contribution in [0.4, 0.5) is 23.4 Å². The SMILES string of the molecule is [2H]c1cccc2c(N3CCC(N(C)C(=O)c4ccc(F)cc4C(F)(F)F)CC3)nnc(Cl)c12. The van der Waals surface area contributed by atoms with E-state index in [1.165, 1.54) is 11.9 Å². The Morgan fingerprint density at radius 3 is 2.59 bits per heavy atom. The van der Waals surface area contributed by atoms with E-state index in [4.69, 9.17) is 13.0 Å². The van der Waals surface area contributed by atoms with Crippen LogP contribution in [0, 0.1) is 5.82 Å². The molecular weight excluding hydrogens is 448 g/mol. The highest BCUT2D eigenvalue weighted by atomic mass is 35.5. The molecule has 0 bridgehead atoms. The number of anilines is 1. The lowest BCUT2D eigenvalue weighted by molar-refractivity contribution is -0.138. The fourth-order valence-electron chi connectivity index (χ4n) is 3.98. The van der Waals surface area contributed by atoms with Crippen molar-refractivity contribution in [1.82, 2.24) is 15.1 Å². The predicted octanol–water partition coefficient (Wildman–Crippen LogP) is 5.18. The Balaban J connectivity index is 1.53. The lowest BCUT2D eigenvalue weighted by Gasteiger charge is -2.37. The van der Waals surface area contributed by atoms with Crippen molar-refractivity contribution in [3.05, 3.63) is 64.5 Å². The van der Waals surface area contributed by atoms with Gasteiger partial charge in [0.25, 0.3) is 5.91 Å². The predicted molar refractivity (Wildman–Crippen MR) is 113 cm³/mol. The van der Waals surface area contributed by atoms with Crippen molar-refractivity contribution in [2.24, 2.45) is 0 Å². The Hall–Kier alpha value is -2.94. The molecule has 0 aliphatic carbocycles. The number of hydrogen-bond donors (Lipinski definition) is 0. The molecule has 0 spiro atoms. The van der Waals surface area contributed by atoms with E-state index < -0.39 is 29.0 Å². The standard InChI is InChI=1S/C22H19ClF4N4O/c1-30(21(32)17-7-6-13(24)12-18(17)22(25,26)27)14-8-10-31(11-9-14)20-16-5-3-2-4-15(16)19(23)28-29-20/h2-7,12,14H,8-11H2,1H3/i4D. The van der Waals surface area contributed by atoms with Crippen LogP contribution < -0.4 is 4.90 Å². The summed E-state index contributed by atoms with van der Waals surface area (Å²) in [5, 5.41) is 9.47. The van der Waals surface area contributed by atoms with E-state index in [9.17, 15) is 22.4 Å². The minimum absolute atomic E-state index is 0.138. The molecule has 2 aromatic carbocycles. The number of amides is 1. The van der Waals surface area contributed by atoms with Gasteiger partial charge in [-0.25, -0.2) is 4.39 Å². The van der Waals surface area contributed by atoms with Gasteiger partial charge in [0.1, 0.15) is 5.82 Å². The van der Waals surface area contributed by atoms with Crippen LogP contribution in [0.2, 0.25) is 5.15 Å². The number of hydrogen-bond acceptors (Lipinski definition) is 4. The zero-order valence-corrected chi connectivity index (χ0v) is 17.7. The first-order valence-corrected chi connectivity index (χ1v) is 10.3. The molecule has 1 saturated heterocycles. The number of aromatic nitrogens is 2. The fraction of sp³-hybridized carbons (Fsp3) is 0.318. The fourth-order valence-corrected chi connectivity index (χ4v) is 4.18. The number of rotatable bonds is 3. The molecule has 0 radical (unpaired) electrons. The summed E-state index contributed by atoms with van der Waals surface area (Å²) in [6.45, 7) is 0.955. The molecule has 1 amide bonds. The van der Waals surface area contributed by atoms with E-state index >= 15 is 0 Å². The molecule has 1 aliphatic rings. The van der Waals surface area contributed by atoms with Gasteiger partial charge in [-0.2, -0.15) is 13.2 Å². The van der Waals surface area contributed by atoms with Crippen molar-refractivity contribution in [1.29, 1.82) is 0 Å². The number of fused-ring (bicyclic) bond motifs is 1. The third-order valence-corrected chi connectivity index (χ3v) is 5.95. The van der Waals surface area contributed by atoms with Crippen molar-refractivity contribution in [2.75, 3.05) is 25.0 Å². The maximum Gasteiger partial charge on any atom is 0.417 e. The summed E-state index contributed by atoms with van der Waals surface area (Å²) in [5.41, 5.74) is -1.86. The average molecular weight is 468 g/mol. The van der Waals surface area contributed by atoms with Gasteiger partial charge in [-0.3, -0.25) is 4.79 Å². The van der Waals surface area contributed by atoms with Gasteiger partial charge < -0.3 is 9.80 Å². The summed E-state index contributed by atoms with van der Waals surface area (Å²) in [6, 6.07) is 7.13. The second-order valence-corrected chi connectivity index (χ2v) is 7.95. The second kappa shape index (κ2) is 8.54. The van der Waals surface area contributed by atoms with Crippen molar-refractivity contribution >= 4 is 34.1 Å². The van der Waals surface area contributed by atoms with Crippen LogP contribution in [0.5, 0.6) is 0 Å². The minimum Gasteiger partial charge on any atom is -0.354 e. The molecule has 0 unspecified atom stereocenters. The minimum atomic E-state index is -4.84. The van der Waals surface area contributed by atoms with Crippen LogP contribution in [-0.4, -0.2) is 47.2 Å². The van der Waals surface area contributed by atoms with Crippen LogP contribution in [0.3, 0.4) is 0 Å². The number of nitrogens with zero attached hydrogens (tertiary/aromatic N) is 4. The molecule has 32 heavy (non-hydrogen) atoms. The zero-order chi connectivity index (χ0) is 23.9.